The number of hydrogen-bond donors (Lipinski definition) is 2. The van der Waals surface area contributed by atoms with Crippen LogP contribution in [0.4, 0.5) is 0 Å². The Kier molecular flexibility index (Phi) is 3.76. The van der Waals surface area contributed by atoms with Crippen molar-refractivity contribution >= 4 is 5.57 Å². The Hall–Kier alpha value is -2.42. The summed E-state index contributed by atoms with van der Waals surface area (Å²) < 4.78 is 5.52. The largest absolute Gasteiger partial charge is 0.513 e. The summed E-state index contributed by atoms with van der Waals surface area (Å²) in [6.45, 7) is 5.88. The van der Waals surface area contributed by atoms with Gasteiger partial charge in [0.2, 0.25) is 0 Å². The lowest BCUT2D eigenvalue weighted by atomic mass is 10.0. The van der Waals surface area contributed by atoms with Gasteiger partial charge < -0.3 is 14.9 Å². The minimum Gasteiger partial charge on any atom is -0.513 e. The summed E-state index contributed by atoms with van der Waals surface area (Å²) in [7, 11) is 0. The molecule has 0 radical (unpaired) electrons. The van der Waals surface area contributed by atoms with E-state index < -0.39 is 0 Å². The number of allylic oxidation sites excluding steroid dienone is 4. The Balaban J connectivity index is 2.34. The van der Waals surface area contributed by atoms with Crippen LogP contribution < -0.4 is 0 Å². The van der Waals surface area contributed by atoms with Crippen LogP contribution in [0.1, 0.15) is 12.5 Å². The second kappa shape index (κ2) is 5.48. The van der Waals surface area contributed by atoms with Crippen molar-refractivity contribution in [3.05, 3.63) is 71.7 Å². The lowest BCUT2D eigenvalue weighted by Gasteiger charge is -2.19. The molecule has 1 aromatic carbocycles. The first-order valence-electron chi connectivity index (χ1n) is 5.96. The quantitative estimate of drug-likeness (QED) is 0.793. The Bertz CT molecular complexity index is 571. The fourth-order valence-electron chi connectivity index (χ4n) is 1.75. The van der Waals surface area contributed by atoms with Crippen LogP contribution in [0, 0.1) is 0 Å². The van der Waals surface area contributed by atoms with E-state index in [9.17, 15) is 10.2 Å². The molecule has 98 valence electrons. The Labute approximate surface area is 112 Å². The van der Waals surface area contributed by atoms with Gasteiger partial charge >= 0.3 is 0 Å². The molecule has 1 aromatic rings. The lowest BCUT2D eigenvalue weighted by Crippen LogP contribution is -2.05. The summed E-state index contributed by atoms with van der Waals surface area (Å²) in [5, 5.41) is 18.5. The molecular weight excluding hydrogens is 240 g/mol. The molecular formula is C16H16O3. The third-order valence-electron chi connectivity index (χ3n) is 2.80. The van der Waals surface area contributed by atoms with E-state index in [0.717, 1.165) is 16.7 Å². The molecule has 3 nitrogen and oxygen atoms in total. The first kappa shape index (κ1) is 13.0. The normalized spacial score (nSPS) is 18.2. The van der Waals surface area contributed by atoms with Gasteiger partial charge in [0.1, 0.15) is 18.1 Å². The minimum absolute atomic E-state index is 0.227. The molecule has 0 amide bonds. The van der Waals surface area contributed by atoms with Crippen molar-refractivity contribution in [2.45, 2.75) is 6.92 Å². The van der Waals surface area contributed by atoms with Crippen LogP contribution in [0.5, 0.6) is 5.75 Å². The van der Waals surface area contributed by atoms with Gasteiger partial charge in [-0.2, -0.15) is 0 Å². The summed E-state index contributed by atoms with van der Waals surface area (Å²) in [5.41, 5.74) is 2.81. The Morgan fingerprint density at radius 1 is 1.32 bits per heavy atom. The monoisotopic (exact) mass is 256 g/mol. The van der Waals surface area contributed by atoms with Crippen LogP contribution in [0.15, 0.2) is 66.2 Å². The number of ether oxygens (including phenoxy) is 1. The van der Waals surface area contributed by atoms with Gasteiger partial charge in [-0.15, -0.1) is 0 Å². The summed E-state index contributed by atoms with van der Waals surface area (Å²) in [5.74, 6) is 1.05. The Morgan fingerprint density at radius 2 is 2.00 bits per heavy atom. The number of benzene rings is 1. The van der Waals surface area contributed by atoms with Crippen LogP contribution in [0.25, 0.3) is 5.57 Å². The number of aliphatic hydroxyl groups is 1. The van der Waals surface area contributed by atoms with Crippen molar-refractivity contribution in [3.63, 3.8) is 0 Å². The molecule has 0 bridgehead atoms. The molecule has 0 saturated carbocycles. The predicted molar refractivity (Wildman–Crippen MR) is 75.6 cm³/mol. The average molecular weight is 256 g/mol. The number of phenols is 1. The first-order chi connectivity index (χ1) is 9.06. The SMILES string of the molecule is C=C1OCC(c2ccc(O)cc2)=C/C1=C/C=C(\C)O. The molecule has 2 N–H and O–H groups in total. The van der Waals surface area contributed by atoms with Gasteiger partial charge in [-0.1, -0.05) is 18.7 Å². The van der Waals surface area contributed by atoms with Crippen molar-refractivity contribution in [2.24, 2.45) is 0 Å². The minimum atomic E-state index is 0.227. The van der Waals surface area contributed by atoms with Gasteiger partial charge in [0.25, 0.3) is 0 Å². The van der Waals surface area contributed by atoms with Gasteiger partial charge in [0, 0.05) is 5.57 Å². The molecule has 19 heavy (non-hydrogen) atoms. The number of aliphatic hydroxyl groups excluding tert-OH is 1. The topological polar surface area (TPSA) is 49.7 Å². The second-order valence-electron chi connectivity index (χ2n) is 4.36. The highest BCUT2D eigenvalue weighted by Gasteiger charge is 2.13. The number of phenolic OH excluding ortho intramolecular Hbond substituents is 1. The van der Waals surface area contributed by atoms with Gasteiger partial charge in [-0.3, -0.25) is 0 Å². The maximum Gasteiger partial charge on any atom is 0.119 e. The van der Waals surface area contributed by atoms with Crippen LogP contribution in [0.2, 0.25) is 0 Å². The first-order valence-corrected chi connectivity index (χ1v) is 5.96. The van der Waals surface area contributed by atoms with Crippen LogP contribution in [-0.2, 0) is 4.74 Å². The van der Waals surface area contributed by atoms with E-state index in [1.54, 1.807) is 31.2 Å². The van der Waals surface area contributed by atoms with Gasteiger partial charge in [0.15, 0.2) is 0 Å². The van der Waals surface area contributed by atoms with Crippen LogP contribution in [-0.4, -0.2) is 16.8 Å². The lowest BCUT2D eigenvalue weighted by molar-refractivity contribution is 0.260. The average Bonchev–Trinajstić information content (AvgIpc) is 2.39. The molecule has 0 aliphatic carbocycles. The zero-order valence-electron chi connectivity index (χ0n) is 10.8. The van der Waals surface area contributed by atoms with Crippen molar-refractivity contribution < 1.29 is 14.9 Å². The smallest absolute Gasteiger partial charge is 0.119 e. The third-order valence-corrected chi connectivity index (χ3v) is 2.80. The van der Waals surface area contributed by atoms with Crippen LogP contribution in [0.3, 0.4) is 0 Å². The summed E-state index contributed by atoms with van der Waals surface area (Å²) >= 11 is 0. The highest BCUT2D eigenvalue weighted by Crippen LogP contribution is 2.27. The molecule has 2 rings (SSSR count). The molecule has 0 fully saturated rings. The highest BCUT2D eigenvalue weighted by molar-refractivity contribution is 5.72. The van der Waals surface area contributed by atoms with Gasteiger partial charge in [-0.25, -0.2) is 0 Å². The van der Waals surface area contributed by atoms with E-state index in [0.29, 0.717) is 12.4 Å². The zero-order chi connectivity index (χ0) is 13.8. The van der Waals surface area contributed by atoms with E-state index in [4.69, 9.17) is 4.74 Å². The van der Waals surface area contributed by atoms with Crippen molar-refractivity contribution in [2.75, 3.05) is 6.61 Å². The maximum atomic E-state index is 9.28. The van der Waals surface area contributed by atoms with Crippen molar-refractivity contribution in [1.82, 2.24) is 0 Å². The standard InChI is InChI=1S/C16H16O3/c1-11(17)3-4-14-9-15(10-19-12(14)2)13-5-7-16(18)8-6-13/h3-9,17-18H,2,10H2,1H3/b11-3+,14-4-. The van der Waals surface area contributed by atoms with E-state index in [1.807, 2.05) is 18.2 Å². The Morgan fingerprint density at radius 3 is 2.63 bits per heavy atom. The highest BCUT2D eigenvalue weighted by atomic mass is 16.5. The predicted octanol–water partition coefficient (Wildman–Crippen LogP) is 3.71. The van der Waals surface area contributed by atoms with Gasteiger partial charge in [-0.05, 0) is 48.4 Å². The molecule has 1 aliphatic heterocycles. The fourth-order valence-corrected chi connectivity index (χ4v) is 1.75. The number of hydrogen-bond acceptors (Lipinski definition) is 3. The molecule has 0 atom stereocenters. The molecule has 3 heteroatoms. The van der Waals surface area contributed by atoms with Crippen molar-refractivity contribution in [3.8, 4) is 5.75 Å². The maximum absolute atomic E-state index is 9.28. The van der Waals surface area contributed by atoms with Crippen molar-refractivity contribution in [1.29, 1.82) is 0 Å². The van der Waals surface area contributed by atoms with E-state index in [1.165, 1.54) is 0 Å². The van der Waals surface area contributed by atoms with E-state index >= 15 is 0 Å². The molecule has 0 saturated heterocycles. The molecule has 1 aliphatic rings. The third kappa shape index (κ3) is 3.28. The van der Waals surface area contributed by atoms with E-state index in [-0.39, 0.29) is 11.5 Å². The number of rotatable bonds is 2. The molecule has 0 unspecified atom stereocenters. The van der Waals surface area contributed by atoms with E-state index in [2.05, 4.69) is 6.58 Å². The van der Waals surface area contributed by atoms with Gasteiger partial charge in [0.05, 0.1) is 5.76 Å². The zero-order valence-corrected chi connectivity index (χ0v) is 10.8. The molecule has 0 aromatic heterocycles. The molecule has 0 spiro atoms. The van der Waals surface area contributed by atoms with Crippen LogP contribution >= 0.6 is 0 Å². The summed E-state index contributed by atoms with van der Waals surface area (Å²) in [6.07, 6.45) is 5.33. The summed E-state index contributed by atoms with van der Waals surface area (Å²) in [6, 6.07) is 6.95. The summed E-state index contributed by atoms with van der Waals surface area (Å²) in [4.78, 5) is 0. The fraction of sp³-hybridized carbons (Fsp3) is 0.125. The second-order valence-corrected chi connectivity index (χ2v) is 4.36. The number of aromatic hydroxyl groups is 1. The molecule has 1 heterocycles.